The van der Waals surface area contributed by atoms with Crippen molar-refractivity contribution >= 4 is 45.0 Å². The van der Waals surface area contributed by atoms with Gasteiger partial charge in [0, 0.05) is 26.1 Å². The highest BCUT2D eigenvalue weighted by atomic mass is 32.1. The molecule has 0 radical (unpaired) electrons. The Labute approximate surface area is 243 Å². The summed E-state index contributed by atoms with van der Waals surface area (Å²) >= 11 is 1.70. The number of fused-ring (bicyclic) bond motifs is 1. The number of rotatable bonds is 6. The van der Waals surface area contributed by atoms with Crippen LogP contribution in [0.1, 0.15) is 59.1 Å². The van der Waals surface area contributed by atoms with Crippen molar-refractivity contribution in [3.05, 3.63) is 46.6 Å². The molecule has 0 aliphatic carbocycles. The topological polar surface area (TPSA) is 140 Å². The van der Waals surface area contributed by atoms with Crippen LogP contribution in [0.15, 0.2) is 30.5 Å². The van der Waals surface area contributed by atoms with Crippen molar-refractivity contribution < 1.29 is 23.9 Å². The summed E-state index contributed by atoms with van der Waals surface area (Å²) in [5.74, 6) is -1.67. The normalized spacial score (nSPS) is 23.4. The van der Waals surface area contributed by atoms with Gasteiger partial charge in [-0.15, -0.1) is 11.3 Å². The quantitative estimate of drug-likeness (QED) is 0.424. The van der Waals surface area contributed by atoms with E-state index in [1.807, 2.05) is 6.07 Å². The number of nitrogens with zero attached hydrogens (tertiary/aromatic N) is 4. The van der Waals surface area contributed by atoms with Gasteiger partial charge in [-0.1, -0.05) is 13.0 Å². The van der Waals surface area contributed by atoms with Crippen molar-refractivity contribution in [1.29, 1.82) is 0 Å². The van der Waals surface area contributed by atoms with Gasteiger partial charge in [-0.25, -0.2) is 9.97 Å². The Morgan fingerprint density at radius 2 is 1.93 bits per heavy atom. The summed E-state index contributed by atoms with van der Waals surface area (Å²) in [6.07, 6.45) is 4.08. The Bertz CT molecular complexity index is 1460. The summed E-state index contributed by atoms with van der Waals surface area (Å²) in [6.45, 7) is 4.40. The number of carbonyl (C=O) groups is 3. The van der Waals surface area contributed by atoms with E-state index in [1.165, 1.54) is 19.4 Å². The molecule has 0 saturated carbocycles. The van der Waals surface area contributed by atoms with E-state index >= 15 is 0 Å². The van der Waals surface area contributed by atoms with E-state index in [1.54, 1.807) is 23.3 Å². The number of thiazole rings is 1. The molecule has 0 bridgehead atoms. The molecular formula is C29H36N6O5S. The minimum absolute atomic E-state index is 0.00946. The smallest absolute Gasteiger partial charge is 0.313 e. The number of ether oxygens (including phenoxy) is 2. The average Bonchev–Trinajstić information content (AvgIpc) is 3.39. The number of anilines is 1. The van der Waals surface area contributed by atoms with Gasteiger partial charge in [0.05, 0.1) is 46.4 Å². The fourth-order valence-electron chi connectivity index (χ4n) is 5.82. The number of pyridine rings is 1. The van der Waals surface area contributed by atoms with E-state index in [-0.39, 0.29) is 41.1 Å². The van der Waals surface area contributed by atoms with Crippen molar-refractivity contribution in [2.24, 2.45) is 11.7 Å². The number of likely N-dealkylation sites (tertiary alicyclic amines) is 2. The molecule has 41 heavy (non-hydrogen) atoms. The van der Waals surface area contributed by atoms with Gasteiger partial charge in [0.15, 0.2) is 0 Å². The molecule has 1 aromatic carbocycles. The molecule has 3 amide bonds. The number of aromatic nitrogens is 2. The zero-order valence-electron chi connectivity index (χ0n) is 23.8. The maximum atomic E-state index is 13.5. The molecule has 12 heteroatoms. The molecule has 3 aromatic rings. The highest BCUT2D eigenvalue weighted by Gasteiger charge is 2.35. The standard InChI is InChI=1S/C29H36N6O5S/c1-16-5-7-22(35(14-16)29(38)26(37)32-18-12-20(25(30)36)27(40-4)31-13-18)17-6-8-24-21(11-17)33-28(41-24)19-9-10-34(2)15-23(19)39-3/h6,8,11-13,16,19,22-23H,5,7,9-10,14-15H2,1-4H3,(H2,30,36)(H,32,37)/t16-,19?,22+,23?/m0/s1. The molecule has 218 valence electrons. The molecule has 2 aliphatic heterocycles. The van der Waals surface area contributed by atoms with E-state index in [0.29, 0.717) is 6.54 Å². The van der Waals surface area contributed by atoms with E-state index in [4.69, 9.17) is 20.2 Å². The van der Waals surface area contributed by atoms with Crippen molar-refractivity contribution in [2.75, 3.05) is 46.2 Å². The fraction of sp³-hybridized carbons (Fsp3) is 0.483. The number of benzene rings is 1. The SMILES string of the molecule is COc1ncc(NC(=O)C(=O)N2C[C@@H](C)CC[C@@H]2c2ccc3sc(C4CCN(C)CC4OC)nc3c2)cc1C(N)=O. The van der Waals surface area contributed by atoms with Gasteiger partial charge in [0.1, 0.15) is 5.56 Å². The number of primary amides is 1. The molecular weight excluding hydrogens is 544 g/mol. The lowest BCUT2D eigenvalue weighted by Gasteiger charge is -2.38. The predicted octanol–water partition coefficient (Wildman–Crippen LogP) is 3.17. The number of carbonyl (C=O) groups excluding carboxylic acids is 3. The minimum Gasteiger partial charge on any atom is -0.480 e. The molecule has 11 nitrogen and oxygen atoms in total. The van der Waals surface area contributed by atoms with Crippen LogP contribution in [-0.4, -0.2) is 84.5 Å². The van der Waals surface area contributed by atoms with Crippen molar-refractivity contribution in [3.63, 3.8) is 0 Å². The van der Waals surface area contributed by atoms with Gasteiger partial charge in [0.25, 0.3) is 5.91 Å². The first-order valence-corrected chi connectivity index (χ1v) is 14.6. The molecule has 2 aromatic heterocycles. The summed E-state index contributed by atoms with van der Waals surface area (Å²) in [7, 11) is 5.23. The second-order valence-electron chi connectivity index (χ2n) is 11.0. The summed E-state index contributed by atoms with van der Waals surface area (Å²) in [5, 5.41) is 3.65. The van der Waals surface area contributed by atoms with E-state index < -0.39 is 17.7 Å². The Kier molecular flexibility index (Phi) is 8.52. The van der Waals surface area contributed by atoms with Gasteiger partial charge in [-0.05, 0) is 62.5 Å². The van der Waals surface area contributed by atoms with Gasteiger partial charge in [0.2, 0.25) is 5.88 Å². The van der Waals surface area contributed by atoms with Gasteiger partial charge in [-0.2, -0.15) is 0 Å². The molecule has 0 spiro atoms. The second kappa shape index (κ2) is 12.1. The van der Waals surface area contributed by atoms with Crippen LogP contribution in [-0.2, 0) is 14.3 Å². The van der Waals surface area contributed by atoms with E-state index in [2.05, 4.69) is 41.3 Å². The maximum absolute atomic E-state index is 13.5. The average molecular weight is 581 g/mol. The molecule has 3 N–H and O–H groups in total. The van der Waals surface area contributed by atoms with Gasteiger partial charge < -0.3 is 30.3 Å². The highest BCUT2D eigenvalue weighted by Crippen LogP contribution is 2.38. The summed E-state index contributed by atoms with van der Waals surface area (Å²) in [5.41, 5.74) is 7.45. The Hall–Kier alpha value is -3.61. The first-order chi connectivity index (χ1) is 19.7. The number of likely N-dealkylation sites (N-methyl/N-ethyl adjacent to an activating group) is 1. The van der Waals surface area contributed by atoms with E-state index in [9.17, 15) is 14.4 Å². The number of nitrogens with two attached hydrogens (primary N) is 1. The summed E-state index contributed by atoms with van der Waals surface area (Å²) < 4.78 is 11.9. The van der Waals surface area contributed by atoms with Crippen LogP contribution in [0.4, 0.5) is 5.69 Å². The van der Waals surface area contributed by atoms with Crippen LogP contribution in [0.5, 0.6) is 5.88 Å². The third-order valence-electron chi connectivity index (χ3n) is 8.04. The van der Waals surface area contributed by atoms with Crippen molar-refractivity contribution in [1.82, 2.24) is 19.8 Å². The number of methoxy groups -OCH3 is 2. The highest BCUT2D eigenvalue weighted by molar-refractivity contribution is 7.18. The zero-order chi connectivity index (χ0) is 29.3. The van der Waals surface area contributed by atoms with Gasteiger partial charge in [-0.3, -0.25) is 14.4 Å². The maximum Gasteiger partial charge on any atom is 0.313 e. The van der Waals surface area contributed by atoms with Crippen LogP contribution in [0.3, 0.4) is 0 Å². The largest absolute Gasteiger partial charge is 0.480 e. The van der Waals surface area contributed by atoms with Gasteiger partial charge >= 0.3 is 11.8 Å². The van der Waals surface area contributed by atoms with Crippen LogP contribution in [0, 0.1) is 5.92 Å². The van der Waals surface area contributed by atoms with Crippen molar-refractivity contribution in [3.8, 4) is 5.88 Å². The molecule has 2 saturated heterocycles. The molecule has 4 heterocycles. The zero-order valence-corrected chi connectivity index (χ0v) is 24.6. The number of nitrogens with one attached hydrogen (secondary N) is 1. The lowest BCUT2D eigenvalue weighted by atomic mass is 9.89. The molecule has 4 atom stereocenters. The van der Waals surface area contributed by atoms with Crippen LogP contribution in [0.2, 0.25) is 0 Å². The number of hydrogen-bond acceptors (Lipinski definition) is 9. The number of amides is 3. The van der Waals surface area contributed by atoms with Crippen LogP contribution < -0.4 is 15.8 Å². The van der Waals surface area contributed by atoms with E-state index in [0.717, 1.165) is 53.1 Å². The first kappa shape index (κ1) is 28.9. The Morgan fingerprint density at radius 3 is 2.66 bits per heavy atom. The fourth-order valence-corrected chi connectivity index (χ4v) is 6.95. The monoisotopic (exact) mass is 580 g/mol. The molecule has 5 rings (SSSR count). The number of piperidine rings is 2. The third kappa shape index (κ3) is 6.04. The van der Waals surface area contributed by atoms with Crippen molar-refractivity contribution in [2.45, 2.75) is 44.2 Å². The summed E-state index contributed by atoms with van der Waals surface area (Å²) in [6, 6.07) is 7.25. The second-order valence-corrected chi connectivity index (χ2v) is 12.0. The van der Waals surface area contributed by atoms with Crippen LogP contribution >= 0.6 is 11.3 Å². The molecule has 2 fully saturated rings. The summed E-state index contributed by atoms with van der Waals surface area (Å²) in [4.78, 5) is 51.3. The first-order valence-electron chi connectivity index (χ1n) is 13.8. The lowest BCUT2D eigenvalue weighted by Crippen LogP contribution is -2.46. The molecule has 2 aliphatic rings. The minimum atomic E-state index is -0.809. The predicted molar refractivity (Wildman–Crippen MR) is 156 cm³/mol. The lowest BCUT2D eigenvalue weighted by molar-refractivity contribution is -0.146. The Morgan fingerprint density at radius 1 is 1.12 bits per heavy atom. The third-order valence-corrected chi connectivity index (χ3v) is 9.20. The Balaban J connectivity index is 1.37. The van der Waals surface area contributed by atoms with Crippen LogP contribution in [0.25, 0.3) is 10.2 Å². The number of hydrogen-bond donors (Lipinski definition) is 2. The molecule has 2 unspecified atom stereocenters.